The third kappa shape index (κ3) is 4.49. The molecule has 1 rings (SSSR count). The molecule has 0 aromatic carbocycles. The zero-order chi connectivity index (χ0) is 12.0. The number of carbonyl (C=O) groups is 1. The predicted octanol–water partition coefficient (Wildman–Crippen LogP) is 1.60. The van der Waals surface area contributed by atoms with Crippen molar-refractivity contribution in [3.8, 4) is 0 Å². The first-order chi connectivity index (χ1) is 7.63. The second kappa shape index (κ2) is 6.86. The maximum Gasteiger partial charge on any atom is 0.304 e. The molecular formula is C12H23NO3. The fourth-order valence-electron chi connectivity index (χ4n) is 2.47. The first kappa shape index (κ1) is 13.5. The summed E-state index contributed by atoms with van der Waals surface area (Å²) in [4.78, 5) is 13.1. The Morgan fingerprint density at radius 1 is 1.56 bits per heavy atom. The summed E-state index contributed by atoms with van der Waals surface area (Å²) in [5.74, 6) is -0.212. The van der Waals surface area contributed by atoms with Crippen LogP contribution >= 0.6 is 0 Å². The van der Waals surface area contributed by atoms with Crippen LogP contribution in [0.2, 0.25) is 0 Å². The smallest absolute Gasteiger partial charge is 0.304 e. The molecule has 2 atom stereocenters. The van der Waals surface area contributed by atoms with Crippen molar-refractivity contribution in [2.24, 2.45) is 5.92 Å². The second-order valence-electron chi connectivity index (χ2n) is 4.80. The van der Waals surface area contributed by atoms with Gasteiger partial charge in [-0.05, 0) is 25.3 Å². The van der Waals surface area contributed by atoms with Crippen LogP contribution in [0.5, 0.6) is 0 Å². The number of hydrogen-bond acceptors (Lipinski definition) is 3. The molecule has 1 heterocycles. The van der Waals surface area contributed by atoms with E-state index in [4.69, 9.17) is 9.84 Å². The minimum atomic E-state index is -0.684. The van der Waals surface area contributed by atoms with Crippen LogP contribution < -0.4 is 0 Å². The number of hydrogen-bond donors (Lipinski definition) is 1. The highest BCUT2D eigenvalue weighted by molar-refractivity contribution is 5.67. The van der Waals surface area contributed by atoms with Gasteiger partial charge >= 0.3 is 5.97 Å². The quantitative estimate of drug-likeness (QED) is 0.751. The van der Waals surface area contributed by atoms with Crippen LogP contribution in [-0.4, -0.2) is 48.8 Å². The number of likely N-dealkylation sites (tertiary alicyclic amines) is 1. The van der Waals surface area contributed by atoms with Gasteiger partial charge in [0.15, 0.2) is 0 Å². The standard InChI is InChI=1S/C12H23NO3/c1-10(9-16-2)8-13-6-4-3-5-11(13)7-12(14)15/h10-11H,3-9H2,1-2H3,(H,14,15). The van der Waals surface area contributed by atoms with E-state index in [1.165, 1.54) is 6.42 Å². The Kier molecular flexibility index (Phi) is 5.77. The molecule has 0 radical (unpaired) electrons. The number of nitrogens with zero attached hydrogens (tertiary/aromatic N) is 1. The molecule has 1 saturated heterocycles. The summed E-state index contributed by atoms with van der Waals surface area (Å²) in [6.07, 6.45) is 3.65. The molecule has 0 bridgehead atoms. The Labute approximate surface area is 97.6 Å². The van der Waals surface area contributed by atoms with Gasteiger partial charge in [-0.3, -0.25) is 9.69 Å². The van der Waals surface area contributed by atoms with E-state index in [-0.39, 0.29) is 12.5 Å². The van der Waals surface area contributed by atoms with Crippen molar-refractivity contribution >= 4 is 5.97 Å². The van der Waals surface area contributed by atoms with Gasteiger partial charge in [0.25, 0.3) is 0 Å². The second-order valence-corrected chi connectivity index (χ2v) is 4.80. The number of aliphatic carboxylic acids is 1. The molecule has 1 aliphatic rings. The van der Waals surface area contributed by atoms with Crippen molar-refractivity contribution in [1.29, 1.82) is 0 Å². The van der Waals surface area contributed by atoms with E-state index in [9.17, 15) is 4.79 Å². The summed E-state index contributed by atoms with van der Waals surface area (Å²) in [7, 11) is 1.71. The fraction of sp³-hybridized carbons (Fsp3) is 0.917. The first-order valence-corrected chi connectivity index (χ1v) is 6.08. The number of ether oxygens (including phenoxy) is 1. The van der Waals surface area contributed by atoms with Gasteiger partial charge in [-0.15, -0.1) is 0 Å². The summed E-state index contributed by atoms with van der Waals surface area (Å²) in [6.45, 7) is 4.88. The van der Waals surface area contributed by atoms with E-state index in [0.717, 1.165) is 32.5 Å². The lowest BCUT2D eigenvalue weighted by molar-refractivity contribution is -0.138. The predicted molar refractivity (Wildman–Crippen MR) is 62.5 cm³/mol. The molecule has 0 saturated carbocycles. The monoisotopic (exact) mass is 229 g/mol. The van der Waals surface area contributed by atoms with E-state index < -0.39 is 5.97 Å². The third-order valence-corrected chi connectivity index (χ3v) is 3.16. The Morgan fingerprint density at radius 2 is 2.31 bits per heavy atom. The van der Waals surface area contributed by atoms with E-state index in [1.807, 2.05) is 0 Å². The zero-order valence-electron chi connectivity index (χ0n) is 10.3. The van der Waals surface area contributed by atoms with Crippen molar-refractivity contribution < 1.29 is 14.6 Å². The van der Waals surface area contributed by atoms with E-state index in [2.05, 4.69) is 11.8 Å². The van der Waals surface area contributed by atoms with Crippen LogP contribution in [0.4, 0.5) is 0 Å². The number of piperidine rings is 1. The van der Waals surface area contributed by atoms with Crippen LogP contribution in [0, 0.1) is 5.92 Å². The van der Waals surface area contributed by atoms with Gasteiger partial charge in [0.1, 0.15) is 0 Å². The van der Waals surface area contributed by atoms with Gasteiger partial charge in [0, 0.05) is 26.3 Å². The van der Waals surface area contributed by atoms with Crippen LogP contribution in [0.1, 0.15) is 32.6 Å². The molecule has 0 aliphatic carbocycles. The molecule has 0 spiro atoms. The Morgan fingerprint density at radius 3 is 2.94 bits per heavy atom. The van der Waals surface area contributed by atoms with Crippen molar-refractivity contribution in [2.45, 2.75) is 38.6 Å². The van der Waals surface area contributed by atoms with E-state index in [0.29, 0.717) is 5.92 Å². The van der Waals surface area contributed by atoms with Crippen molar-refractivity contribution in [3.05, 3.63) is 0 Å². The Balaban J connectivity index is 2.43. The van der Waals surface area contributed by atoms with Gasteiger partial charge in [-0.1, -0.05) is 13.3 Å². The lowest BCUT2D eigenvalue weighted by Crippen LogP contribution is -2.43. The highest BCUT2D eigenvalue weighted by Crippen LogP contribution is 2.20. The maximum atomic E-state index is 10.8. The molecule has 1 fully saturated rings. The summed E-state index contributed by atoms with van der Waals surface area (Å²) >= 11 is 0. The van der Waals surface area contributed by atoms with Crippen LogP contribution in [0.15, 0.2) is 0 Å². The van der Waals surface area contributed by atoms with E-state index in [1.54, 1.807) is 7.11 Å². The number of methoxy groups -OCH3 is 1. The van der Waals surface area contributed by atoms with Gasteiger partial charge < -0.3 is 9.84 Å². The molecular weight excluding hydrogens is 206 g/mol. The van der Waals surface area contributed by atoms with Crippen molar-refractivity contribution in [3.63, 3.8) is 0 Å². The summed E-state index contributed by atoms with van der Waals surface area (Å²) < 4.78 is 5.12. The van der Waals surface area contributed by atoms with Crippen LogP contribution in [0.3, 0.4) is 0 Å². The number of carboxylic acids is 1. The van der Waals surface area contributed by atoms with Crippen LogP contribution in [-0.2, 0) is 9.53 Å². The van der Waals surface area contributed by atoms with E-state index >= 15 is 0 Å². The molecule has 0 aromatic rings. The van der Waals surface area contributed by atoms with Gasteiger partial charge in [-0.25, -0.2) is 0 Å². The summed E-state index contributed by atoms with van der Waals surface area (Å²) in [5, 5.41) is 8.87. The number of carboxylic acid groups (broad SMARTS) is 1. The largest absolute Gasteiger partial charge is 0.481 e. The Bertz CT molecular complexity index is 220. The highest BCUT2D eigenvalue weighted by Gasteiger charge is 2.25. The molecule has 94 valence electrons. The van der Waals surface area contributed by atoms with Crippen molar-refractivity contribution in [2.75, 3.05) is 26.8 Å². The molecule has 4 heteroatoms. The topological polar surface area (TPSA) is 49.8 Å². The number of rotatable bonds is 6. The van der Waals surface area contributed by atoms with Crippen LogP contribution in [0.25, 0.3) is 0 Å². The highest BCUT2D eigenvalue weighted by atomic mass is 16.5. The van der Waals surface area contributed by atoms with Gasteiger partial charge in [0.2, 0.25) is 0 Å². The zero-order valence-corrected chi connectivity index (χ0v) is 10.3. The molecule has 4 nitrogen and oxygen atoms in total. The van der Waals surface area contributed by atoms with Gasteiger partial charge in [0.05, 0.1) is 6.42 Å². The lowest BCUT2D eigenvalue weighted by Gasteiger charge is -2.36. The average molecular weight is 229 g/mol. The minimum Gasteiger partial charge on any atom is -0.481 e. The molecule has 16 heavy (non-hydrogen) atoms. The normalized spacial score (nSPS) is 24.2. The molecule has 1 aliphatic heterocycles. The Hall–Kier alpha value is -0.610. The average Bonchev–Trinajstić information content (AvgIpc) is 2.20. The van der Waals surface area contributed by atoms with Crippen molar-refractivity contribution in [1.82, 2.24) is 4.90 Å². The molecule has 0 aromatic heterocycles. The summed E-state index contributed by atoms with van der Waals surface area (Å²) in [5.41, 5.74) is 0. The molecule has 2 unspecified atom stereocenters. The first-order valence-electron chi connectivity index (χ1n) is 6.08. The maximum absolute atomic E-state index is 10.8. The fourth-order valence-corrected chi connectivity index (χ4v) is 2.47. The molecule has 1 N–H and O–H groups in total. The van der Waals surface area contributed by atoms with Gasteiger partial charge in [-0.2, -0.15) is 0 Å². The third-order valence-electron chi connectivity index (χ3n) is 3.16. The lowest BCUT2D eigenvalue weighted by atomic mass is 9.98. The SMILES string of the molecule is COCC(C)CN1CCCCC1CC(=O)O. The minimum absolute atomic E-state index is 0.227. The molecule has 0 amide bonds. The summed E-state index contributed by atoms with van der Waals surface area (Å²) in [6, 6.07) is 0.227.